The van der Waals surface area contributed by atoms with Gasteiger partial charge in [0, 0.05) is 8.95 Å². The van der Waals surface area contributed by atoms with Crippen LogP contribution in [0.25, 0.3) is 10.2 Å². The van der Waals surface area contributed by atoms with Gasteiger partial charge in [0.2, 0.25) is 5.91 Å². The predicted molar refractivity (Wildman–Crippen MR) is 111 cm³/mol. The van der Waals surface area contributed by atoms with E-state index in [1.165, 1.54) is 4.70 Å². The minimum atomic E-state index is -0.0612. The van der Waals surface area contributed by atoms with Gasteiger partial charge in [-0.05, 0) is 75.7 Å². The zero-order chi connectivity index (χ0) is 18.0. The third-order valence-corrected chi connectivity index (χ3v) is 5.88. The Bertz CT molecular complexity index is 870. The molecule has 0 aliphatic heterocycles. The van der Waals surface area contributed by atoms with Crippen LogP contribution in [0.2, 0.25) is 0 Å². The van der Waals surface area contributed by atoms with Crippen LogP contribution in [0.15, 0.2) is 45.3 Å². The molecule has 3 rings (SSSR count). The smallest absolute Gasteiger partial charge is 0.238 e. The van der Waals surface area contributed by atoms with Crippen molar-refractivity contribution in [2.24, 2.45) is 0 Å². The Morgan fingerprint density at radius 2 is 1.92 bits per heavy atom. The van der Waals surface area contributed by atoms with Crippen LogP contribution in [0.1, 0.15) is 10.6 Å². The average Bonchev–Trinajstić information content (AvgIpc) is 2.92. The summed E-state index contributed by atoms with van der Waals surface area (Å²) in [6, 6.07) is 12.0. The number of hydrogen-bond acceptors (Lipinski definition) is 4. The third-order valence-electron chi connectivity index (χ3n) is 3.61. The topological polar surface area (TPSA) is 45.2 Å². The van der Waals surface area contributed by atoms with E-state index in [9.17, 15) is 4.79 Å². The van der Waals surface area contributed by atoms with Crippen molar-refractivity contribution in [1.29, 1.82) is 0 Å². The van der Waals surface area contributed by atoms with E-state index < -0.39 is 0 Å². The average molecular weight is 483 g/mol. The molecule has 3 aromatic rings. The maximum Gasteiger partial charge on any atom is 0.238 e. The Balaban J connectivity index is 1.62. The summed E-state index contributed by atoms with van der Waals surface area (Å²) in [6.45, 7) is 2.94. The van der Waals surface area contributed by atoms with Crippen LogP contribution in [0.3, 0.4) is 0 Å². The van der Waals surface area contributed by atoms with Crippen molar-refractivity contribution in [3.05, 3.63) is 55.9 Å². The molecule has 0 aliphatic carbocycles. The second-order valence-electron chi connectivity index (χ2n) is 5.90. The fourth-order valence-electron chi connectivity index (χ4n) is 2.52. The first kappa shape index (κ1) is 18.5. The first-order chi connectivity index (χ1) is 11.9. The maximum atomic E-state index is 12.4. The Hall–Kier alpha value is -1.28. The van der Waals surface area contributed by atoms with Gasteiger partial charge in [-0.1, -0.05) is 12.1 Å². The van der Waals surface area contributed by atoms with Crippen molar-refractivity contribution in [3.63, 3.8) is 0 Å². The molecule has 0 unspecified atom stereocenters. The van der Waals surface area contributed by atoms with Gasteiger partial charge in [0.15, 0.2) is 0 Å². The van der Waals surface area contributed by atoms with Crippen molar-refractivity contribution in [2.45, 2.75) is 13.5 Å². The number of anilines is 1. The SMILES string of the molecule is Cc1cc(Br)c(NC(=O)CN(C)Cc2nc3ccccc3s2)c(Br)c1. The number of aromatic nitrogens is 1. The first-order valence-electron chi connectivity index (χ1n) is 7.71. The second-order valence-corrected chi connectivity index (χ2v) is 8.72. The normalized spacial score (nSPS) is 11.2. The lowest BCUT2D eigenvalue weighted by atomic mass is 10.2. The van der Waals surface area contributed by atoms with E-state index in [4.69, 9.17) is 0 Å². The van der Waals surface area contributed by atoms with Gasteiger partial charge >= 0.3 is 0 Å². The van der Waals surface area contributed by atoms with Gasteiger partial charge in [0.25, 0.3) is 0 Å². The van der Waals surface area contributed by atoms with E-state index in [1.54, 1.807) is 11.3 Å². The van der Waals surface area contributed by atoms with Crippen molar-refractivity contribution >= 4 is 65.0 Å². The Morgan fingerprint density at radius 1 is 1.24 bits per heavy atom. The highest BCUT2D eigenvalue weighted by Crippen LogP contribution is 2.32. The van der Waals surface area contributed by atoms with E-state index in [-0.39, 0.29) is 5.91 Å². The quantitative estimate of drug-likeness (QED) is 0.543. The number of thiazole rings is 1. The van der Waals surface area contributed by atoms with Crippen molar-refractivity contribution in [2.75, 3.05) is 18.9 Å². The van der Waals surface area contributed by atoms with E-state index >= 15 is 0 Å². The number of fused-ring (bicyclic) bond motifs is 1. The molecular weight excluding hydrogens is 466 g/mol. The lowest BCUT2D eigenvalue weighted by Crippen LogP contribution is -2.30. The lowest BCUT2D eigenvalue weighted by molar-refractivity contribution is -0.117. The molecule has 0 saturated carbocycles. The van der Waals surface area contributed by atoms with Crippen molar-refractivity contribution in [3.8, 4) is 0 Å². The molecule has 0 saturated heterocycles. The zero-order valence-electron chi connectivity index (χ0n) is 13.8. The third kappa shape index (κ3) is 4.67. The van der Waals surface area contributed by atoms with Crippen LogP contribution in [0, 0.1) is 6.92 Å². The molecule has 1 amide bonds. The number of rotatable bonds is 5. The standard InChI is InChI=1S/C18H17Br2N3OS/c1-11-7-12(19)18(13(20)8-11)22-16(24)9-23(2)10-17-21-14-5-3-4-6-15(14)25-17/h3-8H,9-10H2,1-2H3,(H,22,24). The predicted octanol–water partition coefficient (Wildman–Crippen LogP) is 5.20. The lowest BCUT2D eigenvalue weighted by Gasteiger charge is -2.16. The zero-order valence-corrected chi connectivity index (χ0v) is 17.8. The second kappa shape index (κ2) is 7.95. The molecule has 1 aromatic heterocycles. The first-order valence-corrected chi connectivity index (χ1v) is 10.1. The highest BCUT2D eigenvalue weighted by atomic mass is 79.9. The monoisotopic (exact) mass is 481 g/mol. The van der Waals surface area contributed by atoms with Gasteiger partial charge < -0.3 is 5.32 Å². The highest BCUT2D eigenvalue weighted by molar-refractivity contribution is 9.11. The van der Waals surface area contributed by atoms with Gasteiger partial charge in [0.1, 0.15) is 5.01 Å². The van der Waals surface area contributed by atoms with E-state index in [1.807, 2.05) is 49.2 Å². The molecule has 25 heavy (non-hydrogen) atoms. The molecule has 0 radical (unpaired) electrons. The molecule has 2 aromatic carbocycles. The summed E-state index contributed by atoms with van der Waals surface area (Å²) in [5, 5.41) is 3.97. The molecule has 1 N–H and O–H groups in total. The summed E-state index contributed by atoms with van der Waals surface area (Å²) >= 11 is 8.66. The summed E-state index contributed by atoms with van der Waals surface area (Å²) in [5.41, 5.74) is 2.88. The molecule has 0 spiro atoms. The number of halogens is 2. The number of carbonyl (C=O) groups is 1. The molecule has 0 fully saturated rings. The van der Waals surface area contributed by atoms with Crippen LogP contribution in [-0.2, 0) is 11.3 Å². The number of likely N-dealkylation sites (N-methyl/N-ethyl adjacent to an activating group) is 1. The van der Waals surface area contributed by atoms with E-state index in [0.717, 1.165) is 30.7 Å². The molecule has 7 heteroatoms. The Kier molecular flexibility index (Phi) is 5.89. The van der Waals surface area contributed by atoms with Gasteiger partial charge in [-0.2, -0.15) is 0 Å². The molecule has 0 aliphatic rings. The molecule has 0 bridgehead atoms. The number of benzene rings is 2. The van der Waals surface area contributed by atoms with Gasteiger partial charge in [-0.3, -0.25) is 9.69 Å². The van der Waals surface area contributed by atoms with Crippen LogP contribution in [-0.4, -0.2) is 29.4 Å². The van der Waals surface area contributed by atoms with Crippen LogP contribution >= 0.6 is 43.2 Å². The highest BCUT2D eigenvalue weighted by Gasteiger charge is 2.13. The molecule has 130 valence electrons. The minimum Gasteiger partial charge on any atom is -0.323 e. The summed E-state index contributed by atoms with van der Waals surface area (Å²) in [5.74, 6) is -0.0612. The summed E-state index contributed by atoms with van der Waals surface area (Å²) < 4.78 is 2.89. The molecule has 4 nitrogen and oxygen atoms in total. The molecule has 1 heterocycles. The number of para-hydroxylation sites is 1. The number of nitrogens with zero attached hydrogens (tertiary/aromatic N) is 2. The van der Waals surface area contributed by atoms with E-state index in [2.05, 4.69) is 48.2 Å². The Morgan fingerprint density at radius 3 is 2.60 bits per heavy atom. The Labute approximate surface area is 167 Å². The van der Waals surface area contributed by atoms with Crippen LogP contribution < -0.4 is 5.32 Å². The van der Waals surface area contributed by atoms with Gasteiger partial charge in [0.05, 0.1) is 29.0 Å². The van der Waals surface area contributed by atoms with Crippen molar-refractivity contribution < 1.29 is 4.79 Å². The minimum absolute atomic E-state index is 0.0612. The maximum absolute atomic E-state index is 12.4. The summed E-state index contributed by atoms with van der Waals surface area (Å²) in [7, 11) is 1.92. The summed E-state index contributed by atoms with van der Waals surface area (Å²) in [4.78, 5) is 18.9. The van der Waals surface area contributed by atoms with Gasteiger partial charge in [-0.15, -0.1) is 11.3 Å². The molecule has 0 atom stereocenters. The number of nitrogens with one attached hydrogen (secondary N) is 1. The van der Waals surface area contributed by atoms with Gasteiger partial charge in [-0.25, -0.2) is 4.98 Å². The number of amides is 1. The number of hydrogen-bond donors (Lipinski definition) is 1. The number of aryl methyl sites for hydroxylation is 1. The molecular formula is C18H17Br2N3OS. The van der Waals surface area contributed by atoms with Crippen LogP contribution in [0.4, 0.5) is 5.69 Å². The largest absolute Gasteiger partial charge is 0.323 e. The fraction of sp³-hybridized carbons (Fsp3) is 0.222. The van der Waals surface area contributed by atoms with E-state index in [0.29, 0.717) is 13.1 Å². The van der Waals surface area contributed by atoms with Crippen molar-refractivity contribution in [1.82, 2.24) is 9.88 Å². The number of carbonyl (C=O) groups excluding carboxylic acids is 1. The fourth-order valence-corrected chi connectivity index (χ4v) is 5.18. The van der Waals surface area contributed by atoms with Crippen LogP contribution in [0.5, 0.6) is 0 Å². The summed E-state index contributed by atoms with van der Waals surface area (Å²) in [6.07, 6.45) is 0.